The van der Waals surface area contributed by atoms with Crippen LogP contribution in [0.2, 0.25) is 10.0 Å². The third-order valence-corrected chi connectivity index (χ3v) is 9.13. The Balaban J connectivity index is 1.57. The zero-order valence-electron chi connectivity index (χ0n) is 12.6. The summed E-state index contributed by atoms with van der Waals surface area (Å²) in [7, 11) is 0. The molecular formula is C16H12Br2Cl2N2O3. The number of amides is 3. The molecule has 132 valence electrons. The summed E-state index contributed by atoms with van der Waals surface area (Å²) in [5.41, 5.74) is 2.58. The van der Waals surface area contributed by atoms with E-state index in [9.17, 15) is 14.4 Å². The predicted molar refractivity (Wildman–Crippen MR) is 99.8 cm³/mol. The first-order valence-corrected chi connectivity index (χ1v) is 10.3. The van der Waals surface area contributed by atoms with Gasteiger partial charge in [0.05, 0.1) is 22.4 Å². The highest BCUT2D eigenvalue weighted by atomic mass is 79.9. The molecule has 9 heteroatoms. The summed E-state index contributed by atoms with van der Waals surface area (Å²) in [5.74, 6) is -1.86. The Kier molecular flexibility index (Phi) is 4.42. The van der Waals surface area contributed by atoms with Crippen LogP contribution in [0.4, 0.5) is 0 Å². The van der Waals surface area contributed by atoms with E-state index in [1.54, 1.807) is 0 Å². The van der Waals surface area contributed by atoms with Crippen molar-refractivity contribution in [2.45, 2.75) is 16.1 Å². The number of fused-ring (bicyclic) bond motifs is 5. The van der Waals surface area contributed by atoms with E-state index in [0.717, 1.165) is 11.4 Å². The number of hydrazine groups is 1. The van der Waals surface area contributed by atoms with Crippen molar-refractivity contribution in [1.82, 2.24) is 10.4 Å². The van der Waals surface area contributed by atoms with Crippen molar-refractivity contribution in [3.05, 3.63) is 33.8 Å². The maximum absolute atomic E-state index is 12.7. The maximum atomic E-state index is 12.7. The number of benzene rings is 1. The summed E-state index contributed by atoms with van der Waals surface area (Å²) in [6.07, 6.45) is 0.837. The largest absolute Gasteiger partial charge is 0.272 e. The highest BCUT2D eigenvalue weighted by molar-refractivity contribution is 9.12. The van der Waals surface area contributed by atoms with E-state index in [-0.39, 0.29) is 55.7 Å². The Morgan fingerprint density at radius 1 is 1.08 bits per heavy atom. The van der Waals surface area contributed by atoms with Crippen LogP contribution in [0.25, 0.3) is 0 Å². The normalized spacial score (nSPS) is 36.1. The minimum atomic E-state index is -0.610. The zero-order chi connectivity index (χ0) is 18.0. The Morgan fingerprint density at radius 2 is 1.64 bits per heavy atom. The van der Waals surface area contributed by atoms with Crippen molar-refractivity contribution in [3.63, 3.8) is 0 Å². The van der Waals surface area contributed by atoms with Gasteiger partial charge in [0.2, 0.25) is 0 Å². The van der Waals surface area contributed by atoms with E-state index in [1.807, 2.05) is 0 Å². The topological polar surface area (TPSA) is 66.5 Å². The number of halogens is 4. The minimum absolute atomic E-state index is 0.0943. The first-order chi connectivity index (χ1) is 11.8. The lowest BCUT2D eigenvalue weighted by molar-refractivity contribution is -0.143. The summed E-state index contributed by atoms with van der Waals surface area (Å²) in [5, 5.41) is 1.42. The van der Waals surface area contributed by atoms with Gasteiger partial charge >= 0.3 is 0 Å². The summed E-state index contributed by atoms with van der Waals surface area (Å²) >= 11 is 19.1. The maximum Gasteiger partial charge on any atom is 0.271 e. The Morgan fingerprint density at radius 3 is 2.16 bits per heavy atom. The van der Waals surface area contributed by atoms with Crippen LogP contribution in [-0.2, 0) is 9.59 Å². The van der Waals surface area contributed by atoms with Crippen LogP contribution in [0.5, 0.6) is 0 Å². The molecule has 3 amide bonds. The summed E-state index contributed by atoms with van der Waals surface area (Å²) < 4.78 is 0. The molecule has 5 nitrogen and oxygen atoms in total. The molecule has 1 aromatic rings. The van der Waals surface area contributed by atoms with Crippen molar-refractivity contribution in [2.24, 2.45) is 23.7 Å². The van der Waals surface area contributed by atoms with Crippen molar-refractivity contribution >= 4 is 72.8 Å². The van der Waals surface area contributed by atoms with Gasteiger partial charge in [-0.3, -0.25) is 19.8 Å². The molecular weight excluding hydrogens is 499 g/mol. The van der Waals surface area contributed by atoms with Crippen LogP contribution in [-0.4, -0.2) is 32.4 Å². The van der Waals surface area contributed by atoms with Crippen molar-refractivity contribution in [2.75, 3.05) is 0 Å². The van der Waals surface area contributed by atoms with E-state index in [0.29, 0.717) is 5.02 Å². The fourth-order valence-electron chi connectivity index (χ4n) is 4.29. The second-order valence-corrected chi connectivity index (χ2v) is 9.54. The van der Waals surface area contributed by atoms with Gasteiger partial charge in [0, 0.05) is 14.7 Å². The third kappa shape index (κ3) is 2.58. The van der Waals surface area contributed by atoms with Crippen LogP contribution in [0, 0.1) is 23.7 Å². The van der Waals surface area contributed by atoms with Gasteiger partial charge in [0.25, 0.3) is 17.7 Å². The average Bonchev–Trinajstić information content (AvgIpc) is 3.15. The zero-order valence-corrected chi connectivity index (χ0v) is 17.3. The number of carbonyl (C=O) groups is 3. The van der Waals surface area contributed by atoms with Gasteiger partial charge in [-0.2, -0.15) is 5.01 Å². The lowest BCUT2D eigenvalue weighted by Gasteiger charge is -2.28. The lowest BCUT2D eigenvalue weighted by atomic mass is 9.81. The Bertz CT molecular complexity index is 774. The molecule has 3 fully saturated rings. The fourth-order valence-corrected chi connectivity index (χ4v) is 6.66. The molecule has 2 bridgehead atoms. The third-order valence-electron chi connectivity index (χ3n) is 5.38. The molecule has 0 radical (unpaired) electrons. The quantitative estimate of drug-likeness (QED) is 0.490. The number of nitrogens with one attached hydrogen (secondary N) is 1. The SMILES string of the molecule is O=C(NN1C(=O)[C@@H]2[C@H]3C[C@@H]([C@H](Br)[C@H]3Br)[C@H]2C1=O)c1ccc(Cl)cc1Cl. The van der Waals surface area contributed by atoms with Crippen molar-refractivity contribution in [3.8, 4) is 0 Å². The number of hydrogen-bond acceptors (Lipinski definition) is 3. The molecule has 2 aliphatic carbocycles. The molecule has 0 aromatic heterocycles. The van der Waals surface area contributed by atoms with Crippen LogP contribution >= 0.6 is 55.1 Å². The van der Waals surface area contributed by atoms with Gasteiger partial charge in [-0.25, -0.2) is 0 Å². The smallest absolute Gasteiger partial charge is 0.271 e. The number of carbonyl (C=O) groups excluding carboxylic acids is 3. The molecule has 0 unspecified atom stereocenters. The molecule has 1 N–H and O–H groups in total. The van der Waals surface area contributed by atoms with E-state index in [4.69, 9.17) is 23.2 Å². The minimum Gasteiger partial charge on any atom is -0.272 e. The van der Waals surface area contributed by atoms with Gasteiger partial charge < -0.3 is 0 Å². The molecule has 1 aliphatic heterocycles. The van der Waals surface area contributed by atoms with Crippen LogP contribution in [0.3, 0.4) is 0 Å². The van der Waals surface area contributed by atoms with Crippen molar-refractivity contribution in [1.29, 1.82) is 0 Å². The van der Waals surface area contributed by atoms with Gasteiger partial charge in [-0.15, -0.1) is 0 Å². The van der Waals surface area contributed by atoms with Crippen LogP contribution in [0.15, 0.2) is 18.2 Å². The first kappa shape index (κ1) is 17.8. The summed E-state index contributed by atoms with van der Waals surface area (Å²) in [6.45, 7) is 0. The monoisotopic (exact) mass is 508 g/mol. The van der Waals surface area contributed by atoms with E-state index >= 15 is 0 Å². The van der Waals surface area contributed by atoms with E-state index in [1.165, 1.54) is 18.2 Å². The van der Waals surface area contributed by atoms with Crippen molar-refractivity contribution < 1.29 is 14.4 Å². The number of hydrogen-bond donors (Lipinski definition) is 1. The summed E-state index contributed by atoms with van der Waals surface area (Å²) in [4.78, 5) is 38.2. The Labute approximate surface area is 170 Å². The van der Waals surface area contributed by atoms with Crippen LogP contribution < -0.4 is 5.43 Å². The van der Waals surface area contributed by atoms with Gasteiger partial charge in [-0.1, -0.05) is 55.1 Å². The molecule has 0 spiro atoms. The van der Waals surface area contributed by atoms with E-state index in [2.05, 4.69) is 37.3 Å². The summed E-state index contributed by atoms with van der Waals surface area (Å²) in [6, 6.07) is 4.42. The molecule has 4 rings (SSSR count). The highest BCUT2D eigenvalue weighted by Crippen LogP contribution is 2.59. The fraction of sp³-hybridized carbons (Fsp3) is 0.438. The van der Waals surface area contributed by atoms with Gasteiger partial charge in [0.15, 0.2) is 0 Å². The molecule has 1 saturated heterocycles. The van der Waals surface area contributed by atoms with E-state index < -0.39 is 5.91 Å². The van der Waals surface area contributed by atoms with Gasteiger partial charge in [-0.05, 0) is 36.5 Å². The first-order valence-electron chi connectivity index (χ1n) is 7.73. The average molecular weight is 511 g/mol. The number of imide groups is 1. The van der Waals surface area contributed by atoms with Gasteiger partial charge in [0.1, 0.15) is 0 Å². The molecule has 1 aromatic carbocycles. The molecule has 1 heterocycles. The standard InChI is InChI=1S/C16H12Br2Cl2N2O3/c17-12-7-4-8(13(12)18)11-10(7)15(24)22(16(11)25)21-14(23)6-2-1-5(19)3-9(6)20/h1-3,7-8,10-13H,4H2,(H,21,23)/t7-,8-,10-,11-,12+,13+/m1/s1. The molecule has 2 saturated carbocycles. The second kappa shape index (κ2) is 6.22. The number of alkyl halides is 2. The van der Waals surface area contributed by atoms with Crippen LogP contribution in [0.1, 0.15) is 16.8 Å². The Hall–Kier alpha value is -0.630. The predicted octanol–water partition coefficient (Wildman–Crippen LogP) is 3.42. The molecule has 6 atom stereocenters. The second-order valence-electron chi connectivity index (χ2n) is 6.58. The molecule has 25 heavy (non-hydrogen) atoms. The molecule has 3 aliphatic rings. The highest BCUT2D eigenvalue weighted by Gasteiger charge is 2.66. The number of nitrogens with zero attached hydrogens (tertiary/aromatic N) is 1. The number of rotatable bonds is 2. The lowest BCUT2D eigenvalue weighted by Crippen LogP contribution is -2.47.